The molecule has 0 spiro atoms. The van der Waals surface area contributed by atoms with Crippen molar-refractivity contribution in [2.24, 2.45) is 5.92 Å². The lowest BCUT2D eigenvalue weighted by Gasteiger charge is -2.36. The van der Waals surface area contributed by atoms with Crippen LogP contribution in [0.5, 0.6) is 0 Å². The minimum atomic E-state index is 0.293. The van der Waals surface area contributed by atoms with Crippen LogP contribution in [0, 0.1) is 5.92 Å². The summed E-state index contributed by atoms with van der Waals surface area (Å²) in [6.45, 7) is 5.03. The maximum atomic E-state index is 5.55. The van der Waals surface area contributed by atoms with Gasteiger partial charge < -0.3 is 15.0 Å². The maximum Gasteiger partial charge on any atom is 0.151 e. The lowest BCUT2D eigenvalue weighted by atomic mass is 9.96. The first kappa shape index (κ1) is 13.8. The number of hydrogen-bond acceptors (Lipinski definition) is 5. The quantitative estimate of drug-likeness (QED) is 0.885. The molecule has 1 N–H and O–H groups in total. The van der Waals surface area contributed by atoms with E-state index < -0.39 is 0 Å². The Balaban J connectivity index is 1.58. The highest BCUT2D eigenvalue weighted by atomic mass is 16.5. The summed E-state index contributed by atoms with van der Waals surface area (Å²) < 4.78 is 5.55. The molecule has 0 amide bonds. The summed E-state index contributed by atoms with van der Waals surface area (Å²) in [7, 11) is 1.79. The molecule has 2 fully saturated rings. The monoisotopic (exact) mass is 276 g/mol. The SMILES string of the molecule is COC1CN(c2ccc(CNC3CC3)nn2)CCC1C. The molecule has 5 nitrogen and oxygen atoms in total. The van der Waals surface area contributed by atoms with Gasteiger partial charge in [-0.05, 0) is 37.3 Å². The van der Waals surface area contributed by atoms with Crippen molar-refractivity contribution >= 4 is 5.82 Å². The van der Waals surface area contributed by atoms with Gasteiger partial charge in [-0.2, -0.15) is 5.10 Å². The molecule has 1 aliphatic carbocycles. The zero-order valence-corrected chi connectivity index (χ0v) is 12.4. The molecule has 0 radical (unpaired) electrons. The molecule has 2 unspecified atom stereocenters. The van der Waals surface area contributed by atoms with Crippen molar-refractivity contribution in [2.45, 2.75) is 44.9 Å². The molecule has 5 heteroatoms. The molecule has 2 heterocycles. The summed E-state index contributed by atoms with van der Waals surface area (Å²) in [6, 6.07) is 4.87. The molecule has 1 aliphatic heterocycles. The third-order valence-electron chi connectivity index (χ3n) is 4.37. The zero-order chi connectivity index (χ0) is 13.9. The van der Waals surface area contributed by atoms with Crippen LogP contribution in [0.25, 0.3) is 0 Å². The number of aromatic nitrogens is 2. The Labute approximate surface area is 120 Å². The minimum absolute atomic E-state index is 0.293. The summed E-state index contributed by atoms with van der Waals surface area (Å²) in [5.41, 5.74) is 1.02. The predicted molar refractivity (Wildman–Crippen MR) is 78.7 cm³/mol. The molecule has 2 aliphatic rings. The van der Waals surface area contributed by atoms with Crippen LogP contribution < -0.4 is 10.2 Å². The van der Waals surface area contributed by atoms with Gasteiger partial charge in [0.05, 0.1) is 11.8 Å². The predicted octanol–water partition coefficient (Wildman–Crippen LogP) is 1.59. The van der Waals surface area contributed by atoms with E-state index in [1.54, 1.807) is 7.11 Å². The lowest BCUT2D eigenvalue weighted by Crippen LogP contribution is -2.44. The van der Waals surface area contributed by atoms with E-state index in [1.807, 2.05) is 0 Å². The molecule has 0 aromatic carbocycles. The van der Waals surface area contributed by atoms with E-state index in [4.69, 9.17) is 4.74 Å². The van der Waals surface area contributed by atoms with Gasteiger partial charge in [0.2, 0.25) is 0 Å². The third kappa shape index (κ3) is 3.27. The highest BCUT2D eigenvalue weighted by molar-refractivity contribution is 5.38. The Bertz CT molecular complexity index is 432. The van der Waals surface area contributed by atoms with E-state index in [2.05, 4.69) is 39.5 Å². The lowest BCUT2D eigenvalue weighted by molar-refractivity contribution is 0.0496. The van der Waals surface area contributed by atoms with Gasteiger partial charge in [-0.3, -0.25) is 0 Å². The largest absolute Gasteiger partial charge is 0.379 e. The van der Waals surface area contributed by atoms with E-state index in [0.717, 1.165) is 37.6 Å². The number of ether oxygens (including phenoxy) is 1. The second-order valence-corrected chi connectivity index (χ2v) is 6.02. The molecular formula is C15H24N4O. The summed E-state index contributed by atoms with van der Waals surface area (Å²) >= 11 is 0. The van der Waals surface area contributed by atoms with Gasteiger partial charge in [0.15, 0.2) is 5.82 Å². The van der Waals surface area contributed by atoms with Crippen molar-refractivity contribution in [2.75, 3.05) is 25.1 Å². The van der Waals surface area contributed by atoms with Crippen LogP contribution in [0.3, 0.4) is 0 Å². The number of hydrogen-bond donors (Lipinski definition) is 1. The molecular weight excluding hydrogens is 252 g/mol. The summed E-state index contributed by atoms with van der Waals surface area (Å²) in [4.78, 5) is 2.28. The van der Waals surface area contributed by atoms with Crippen molar-refractivity contribution in [3.05, 3.63) is 17.8 Å². The minimum Gasteiger partial charge on any atom is -0.379 e. The smallest absolute Gasteiger partial charge is 0.151 e. The summed E-state index contributed by atoms with van der Waals surface area (Å²) in [6.07, 6.45) is 4.04. The fourth-order valence-electron chi connectivity index (χ4n) is 2.70. The van der Waals surface area contributed by atoms with Crippen molar-refractivity contribution < 1.29 is 4.74 Å². The van der Waals surface area contributed by atoms with Crippen LogP contribution >= 0.6 is 0 Å². The molecule has 20 heavy (non-hydrogen) atoms. The van der Waals surface area contributed by atoms with Crippen molar-refractivity contribution in [3.63, 3.8) is 0 Å². The van der Waals surface area contributed by atoms with E-state index >= 15 is 0 Å². The molecule has 110 valence electrons. The Morgan fingerprint density at radius 2 is 2.15 bits per heavy atom. The number of rotatable bonds is 5. The van der Waals surface area contributed by atoms with E-state index in [1.165, 1.54) is 12.8 Å². The fourth-order valence-corrected chi connectivity index (χ4v) is 2.70. The number of methoxy groups -OCH3 is 1. The van der Waals surface area contributed by atoms with Gasteiger partial charge in [0.1, 0.15) is 0 Å². The van der Waals surface area contributed by atoms with Crippen LogP contribution in [0.15, 0.2) is 12.1 Å². The molecule has 1 saturated heterocycles. The van der Waals surface area contributed by atoms with Gasteiger partial charge >= 0.3 is 0 Å². The van der Waals surface area contributed by atoms with Crippen LogP contribution in [0.2, 0.25) is 0 Å². The van der Waals surface area contributed by atoms with Gasteiger partial charge in [-0.1, -0.05) is 6.92 Å². The molecule has 3 rings (SSSR count). The second-order valence-electron chi connectivity index (χ2n) is 6.02. The van der Waals surface area contributed by atoms with Crippen LogP contribution in [0.1, 0.15) is 31.9 Å². The van der Waals surface area contributed by atoms with Gasteiger partial charge in [0.25, 0.3) is 0 Å². The van der Waals surface area contributed by atoms with Crippen molar-refractivity contribution in [1.29, 1.82) is 0 Å². The standard InChI is InChI=1S/C15H24N4O/c1-11-7-8-19(10-14(11)20-2)15-6-5-13(17-18-15)9-16-12-3-4-12/h5-6,11-12,14,16H,3-4,7-10H2,1-2H3. The van der Waals surface area contributed by atoms with Gasteiger partial charge in [-0.25, -0.2) is 0 Å². The third-order valence-corrected chi connectivity index (χ3v) is 4.37. The number of anilines is 1. The Kier molecular flexibility index (Phi) is 4.17. The van der Waals surface area contributed by atoms with Crippen LogP contribution in [0.4, 0.5) is 5.82 Å². The highest BCUT2D eigenvalue weighted by Crippen LogP contribution is 2.23. The van der Waals surface area contributed by atoms with Crippen LogP contribution in [-0.4, -0.2) is 42.5 Å². The Hall–Kier alpha value is -1.20. The first-order valence-electron chi connectivity index (χ1n) is 7.60. The molecule has 2 atom stereocenters. The average molecular weight is 276 g/mol. The Morgan fingerprint density at radius 1 is 1.30 bits per heavy atom. The number of nitrogens with zero attached hydrogens (tertiary/aromatic N) is 3. The molecule has 0 bridgehead atoms. The number of piperidine rings is 1. The van der Waals surface area contributed by atoms with E-state index in [-0.39, 0.29) is 0 Å². The first-order chi connectivity index (χ1) is 9.76. The maximum absolute atomic E-state index is 5.55. The first-order valence-corrected chi connectivity index (χ1v) is 7.60. The molecule has 1 saturated carbocycles. The zero-order valence-electron chi connectivity index (χ0n) is 12.4. The number of nitrogens with one attached hydrogen (secondary N) is 1. The van der Waals surface area contributed by atoms with E-state index in [9.17, 15) is 0 Å². The second kappa shape index (κ2) is 6.06. The fraction of sp³-hybridized carbons (Fsp3) is 0.733. The normalized spacial score (nSPS) is 26.8. The van der Waals surface area contributed by atoms with E-state index in [0.29, 0.717) is 18.1 Å². The summed E-state index contributed by atoms with van der Waals surface area (Å²) in [5.74, 6) is 1.58. The summed E-state index contributed by atoms with van der Waals surface area (Å²) in [5, 5.41) is 12.2. The molecule has 1 aromatic heterocycles. The van der Waals surface area contributed by atoms with Crippen molar-refractivity contribution in [3.8, 4) is 0 Å². The molecule has 1 aromatic rings. The van der Waals surface area contributed by atoms with Crippen molar-refractivity contribution in [1.82, 2.24) is 15.5 Å². The van der Waals surface area contributed by atoms with Gasteiger partial charge in [0, 0.05) is 32.8 Å². The Morgan fingerprint density at radius 3 is 2.80 bits per heavy atom. The van der Waals surface area contributed by atoms with Gasteiger partial charge in [-0.15, -0.1) is 5.10 Å². The topological polar surface area (TPSA) is 50.3 Å². The average Bonchev–Trinajstić information content (AvgIpc) is 3.30. The van der Waals surface area contributed by atoms with Crippen LogP contribution in [-0.2, 0) is 11.3 Å². The highest BCUT2D eigenvalue weighted by Gasteiger charge is 2.27.